The molecule has 1 aromatic heterocycles. The van der Waals surface area contributed by atoms with E-state index >= 15 is 0 Å². The molecule has 0 bridgehead atoms. The predicted molar refractivity (Wildman–Crippen MR) is 179 cm³/mol. The van der Waals surface area contributed by atoms with Crippen molar-refractivity contribution in [3.8, 4) is 0 Å². The molecule has 252 valence electrons. The van der Waals surface area contributed by atoms with Crippen LogP contribution >= 0.6 is 16.1 Å². The van der Waals surface area contributed by atoms with Gasteiger partial charge in [-0.2, -0.15) is 4.73 Å². The van der Waals surface area contributed by atoms with Crippen molar-refractivity contribution in [2.45, 2.75) is 116 Å². The molecule has 2 aliphatic rings. The number of hydrogen-bond donors (Lipinski definition) is 2. The highest BCUT2D eigenvalue weighted by Crippen LogP contribution is 2.27. The Labute approximate surface area is 280 Å². The smallest absolute Gasteiger partial charge is 0.255 e. The van der Waals surface area contributed by atoms with E-state index in [0.717, 1.165) is 35.7 Å². The summed E-state index contributed by atoms with van der Waals surface area (Å²) in [5.41, 5.74) is 1.60. The minimum absolute atomic E-state index is 0.132. The molecule has 46 heavy (non-hydrogen) atoms. The van der Waals surface area contributed by atoms with Crippen LogP contribution in [0, 0.1) is 5.92 Å². The molecule has 2 N–H and O–H groups in total. The van der Waals surface area contributed by atoms with Crippen molar-refractivity contribution in [2.24, 2.45) is 5.92 Å². The molecule has 0 spiro atoms. The van der Waals surface area contributed by atoms with Crippen molar-refractivity contribution >= 4 is 56.5 Å². The number of ketones is 1. The Hall–Kier alpha value is -3.41. The van der Waals surface area contributed by atoms with E-state index in [9.17, 15) is 24.0 Å². The van der Waals surface area contributed by atoms with Gasteiger partial charge in [-0.3, -0.25) is 27.9 Å². The zero-order chi connectivity index (χ0) is 33.4. The molecule has 1 unspecified atom stereocenters. The first kappa shape index (κ1) is 35.4. The molecule has 0 radical (unpaired) electrons. The van der Waals surface area contributed by atoms with Crippen LogP contribution in [0.5, 0.6) is 0 Å². The van der Waals surface area contributed by atoms with Crippen molar-refractivity contribution in [1.29, 1.82) is 0 Å². The van der Waals surface area contributed by atoms with Crippen molar-refractivity contribution < 1.29 is 28.8 Å². The predicted octanol–water partition coefficient (Wildman–Crippen LogP) is 4.09. The molecule has 5 atom stereocenters. The van der Waals surface area contributed by atoms with Crippen LogP contribution < -0.4 is 15.5 Å². The van der Waals surface area contributed by atoms with Crippen molar-refractivity contribution in [3.63, 3.8) is 0 Å². The Morgan fingerprint density at radius 1 is 1.02 bits per heavy atom. The number of carbonyl (C=O) groups is 5. The average Bonchev–Trinajstić information content (AvgIpc) is 3.44. The van der Waals surface area contributed by atoms with Gasteiger partial charge in [0, 0.05) is 37.4 Å². The van der Waals surface area contributed by atoms with Gasteiger partial charge in [0.1, 0.15) is 37.1 Å². The number of Topliss-reactive ketones (excluding diaryl/α,β-unsaturated/α-hetero) is 1. The summed E-state index contributed by atoms with van der Waals surface area (Å²) in [5, 5.41) is 6.85. The molecule has 4 amide bonds. The van der Waals surface area contributed by atoms with Gasteiger partial charge in [0.15, 0.2) is 0 Å². The van der Waals surface area contributed by atoms with Gasteiger partial charge in [0.05, 0.1) is 21.7 Å². The van der Waals surface area contributed by atoms with Gasteiger partial charge in [0.2, 0.25) is 17.7 Å². The second kappa shape index (κ2) is 16.4. The minimum atomic E-state index is -1.04. The number of benzene rings is 1. The number of fused-ring (bicyclic) bond motifs is 2. The van der Waals surface area contributed by atoms with Gasteiger partial charge in [-0.1, -0.05) is 58.2 Å². The Bertz CT molecular complexity index is 1410. The summed E-state index contributed by atoms with van der Waals surface area (Å²) in [7, 11) is 1.56. The van der Waals surface area contributed by atoms with Gasteiger partial charge in [-0.05, 0) is 49.7 Å². The molecule has 3 heterocycles. The first-order valence-electron chi connectivity index (χ1n) is 16.7. The normalized spacial score (nSPS) is 23.7. The largest absolute Gasteiger partial charge is 0.417 e. The van der Waals surface area contributed by atoms with E-state index in [1.165, 1.54) is 3.93 Å². The lowest BCUT2D eigenvalue weighted by Crippen LogP contribution is -2.63. The average molecular weight is 703 g/mol. The van der Waals surface area contributed by atoms with Gasteiger partial charge < -0.3 is 20.4 Å². The third kappa shape index (κ3) is 8.11. The second-order valence-corrected chi connectivity index (χ2v) is 13.3. The number of para-hydroxylation sites is 1. The second-order valence-electron chi connectivity index (χ2n) is 12.5. The zero-order valence-electron chi connectivity index (χ0n) is 27.4. The summed E-state index contributed by atoms with van der Waals surface area (Å²) < 4.78 is 2.86. The highest BCUT2D eigenvalue weighted by Gasteiger charge is 2.42. The van der Waals surface area contributed by atoms with E-state index in [1.807, 2.05) is 45.0 Å². The maximum Gasteiger partial charge on any atom is 0.255 e. The van der Waals surface area contributed by atoms with Gasteiger partial charge in [-0.15, -0.1) is 0 Å². The summed E-state index contributed by atoms with van der Waals surface area (Å²) in [6, 6.07) is 4.10. The number of aromatic nitrogens is 1. The van der Waals surface area contributed by atoms with Crippen LogP contribution in [0.3, 0.4) is 0 Å². The van der Waals surface area contributed by atoms with Crippen molar-refractivity contribution in [2.75, 3.05) is 13.7 Å². The van der Waals surface area contributed by atoms with Crippen LogP contribution in [0.15, 0.2) is 30.5 Å². The lowest BCUT2D eigenvalue weighted by molar-refractivity contribution is -0.149. The standard InChI is InChI=1S/C34H48BrN5O6/c1-5-22(3)30-34(45)38-19-13-12-18-28(38)31(42)36-26(16-9-7-8-14-24(41)6-2)33(44)40(35)29(32(43)37-30)20-23-21-39(46-4)27-17-11-10-15-25(23)27/h10-11,15,17,21-22,26,28-30H,5-9,12-14,16,18-20H2,1-4H3,(H,36,42)(H,37,43)/t22?,26-,28+,29-,30-/m0/s1. The van der Waals surface area contributed by atoms with Gasteiger partial charge >= 0.3 is 0 Å². The van der Waals surface area contributed by atoms with Crippen LogP contribution in [-0.2, 0) is 30.4 Å². The maximum atomic E-state index is 14.2. The highest BCUT2D eigenvalue weighted by atomic mass is 79.9. The summed E-state index contributed by atoms with van der Waals surface area (Å²) in [6.07, 6.45) is 7.95. The van der Waals surface area contributed by atoms with Gasteiger partial charge in [0.25, 0.3) is 5.91 Å². The SMILES string of the molecule is CCC(=O)CCCCC[C@@H]1NC(=O)[C@H]2CCCCN2C(=O)[C@H](C(C)CC)NC(=O)[C@H](Cc2cn(OC)c3ccccc23)N(Br)C1=O. The molecule has 11 nitrogen and oxygen atoms in total. The minimum Gasteiger partial charge on any atom is -0.417 e. The van der Waals surface area contributed by atoms with Crippen molar-refractivity contribution in [3.05, 3.63) is 36.0 Å². The fourth-order valence-electron chi connectivity index (χ4n) is 6.45. The number of carbonyl (C=O) groups excluding carboxylic acids is 5. The molecule has 2 aliphatic heterocycles. The number of rotatable bonds is 12. The summed E-state index contributed by atoms with van der Waals surface area (Å²) >= 11 is 3.46. The zero-order valence-corrected chi connectivity index (χ0v) is 29.0. The van der Waals surface area contributed by atoms with E-state index in [0.29, 0.717) is 51.5 Å². The summed E-state index contributed by atoms with van der Waals surface area (Å²) in [6.45, 7) is 6.13. The first-order chi connectivity index (χ1) is 22.1. The van der Waals surface area contributed by atoms with E-state index in [2.05, 4.69) is 26.8 Å². The Morgan fingerprint density at radius 3 is 2.50 bits per heavy atom. The van der Waals surface area contributed by atoms with E-state index < -0.39 is 36.0 Å². The monoisotopic (exact) mass is 701 g/mol. The number of nitrogens with one attached hydrogen (secondary N) is 2. The molecule has 12 heteroatoms. The van der Waals surface area contributed by atoms with Crippen LogP contribution in [0.25, 0.3) is 10.9 Å². The maximum absolute atomic E-state index is 14.2. The first-order valence-corrected chi connectivity index (χ1v) is 17.4. The third-order valence-corrected chi connectivity index (χ3v) is 10.3. The molecule has 2 saturated heterocycles. The number of amides is 4. The number of piperidine rings is 1. The fraction of sp³-hybridized carbons (Fsp3) is 0.618. The molecular weight excluding hydrogens is 654 g/mol. The highest BCUT2D eigenvalue weighted by molar-refractivity contribution is 9.07. The number of halogens is 1. The third-order valence-electron chi connectivity index (χ3n) is 9.48. The summed E-state index contributed by atoms with van der Waals surface area (Å²) in [4.78, 5) is 75.3. The van der Waals surface area contributed by atoms with Crippen molar-refractivity contribution in [1.82, 2.24) is 24.2 Å². The Kier molecular flexibility index (Phi) is 12.7. The molecule has 2 fully saturated rings. The molecular formula is C34H48BrN5O6. The molecule has 1 aromatic carbocycles. The van der Waals surface area contributed by atoms with Crippen LogP contribution in [-0.4, -0.2) is 80.8 Å². The lowest BCUT2D eigenvalue weighted by atomic mass is 9.93. The number of hydrogen-bond acceptors (Lipinski definition) is 6. The molecule has 4 rings (SSSR count). The Balaban J connectivity index is 1.71. The molecule has 0 aliphatic carbocycles. The van der Waals surface area contributed by atoms with Crippen LogP contribution in [0.2, 0.25) is 0 Å². The van der Waals surface area contributed by atoms with Crippen LogP contribution in [0.4, 0.5) is 0 Å². The number of nitrogens with zero attached hydrogens (tertiary/aromatic N) is 3. The summed E-state index contributed by atoms with van der Waals surface area (Å²) in [5.74, 6) is -1.54. The quantitative estimate of drug-likeness (QED) is 0.253. The van der Waals surface area contributed by atoms with E-state index in [-0.39, 0.29) is 29.9 Å². The van der Waals surface area contributed by atoms with Gasteiger partial charge in [-0.25, -0.2) is 0 Å². The van der Waals surface area contributed by atoms with Crippen LogP contribution in [0.1, 0.15) is 90.5 Å². The van der Waals surface area contributed by atoms with E-state index in [1.54, 1.807) is 22.9 Å². The molecule has 0 saturated carbocycles. The lowest BCUT2D eigenvalue weighted by Gasteiger charge is -2.40. The number of unbranched alkanes of at least 4 members (excludes halogenated alkanes) is 2. The molecule has 2 aromatic rings. The fourth-order valence-corrected chi connectivity index (χ4v) is 7.02. The van der Waals surface area contributed by atoms with E-state index in [4.69, 9.17) is 4.84 Å². The topological polar surface area (TPSA) is 130 Å². The Morgan fingerprint density at radius 2 is 1.78 bits per heavy atom.